The van der Waals surface area contributed by atoms with Crippen LogP contribution in [0.4, 0.5) is 0 Å². The number of rotatable bonds is 3. The Morgan fingerprint density at radius 2 is 2.29 bits per heavy atom. The van der Waals surface area contributed by atoms with Crippen LogP contribution in [0.1, 0.15) is 43.4 Å². The molecule has 0 spiro atoms. The van der Waals surface area contributed by atoms with Crippen molar-refractivity contribution in [2.24, 2.45) is 5.73 Å². The van der Waals surface area contributed by atoms with Gasteiger partial charge in [-0.3, -0.25) is 4.79 Å². The van der Waals surface area contributed by atoms with Gasteiger partial charge in [0.1, 0.15) is 0 Å². The molecule has 2 rings (SSSR count). The minimum Gasteiger partial charge on any atom is -0.348 e. The molecule has 1 unspecified atom stereocenters. The van der Waals surface area contributed by atoms with Crippen molar-refractivity contribution in [3.8, 4) is 0 Å². The first kappa shape index (κ1) is 12.1. The largest absolute Gasteiger partial charge is 0.348 e. The van der Waals surface area contributed by atoms with Crippen molar-refractivity contribution in [2.75, 3.05) is 0 Å². The second-order valence-electron chi connectivity index (χ2n) is 4.67. The summed E-state index contributed by atoms with van der Waals surface area (Å²) in [6, 6.07) is 8.10. The smallest absolute Gasteiger partial charge is 0.237 e. The Balaban J connectivity index is 2.11. The SMILES string of the molecule is CC[C@H](N)C(=O)NC1CCCc2ccccc21. The number of nitrogens with one attached hydrogen (secondary N) is 1. The fourth-order valence-corrected chi connectivity index (χ4v) is 2.37. The van der Waals surface area contributed by atoms with Crippen LogP contribution in [-0.2, 0) is 11.2 Å². The van der Waals surface area contributed by atoms with Gasteiger partial charge >= 0.3 is 0 Å². The quantitative estimate of drug-likeness (QED) is 0.836. The van der Waals surface area contributed by atoms with Gasteiger partial charge in [-0.2, -0.15) is 0 Å². The Bertz CT molecular complexity index is 403. The standard InChI is InChI=1S/C14H20N2O/c1-2-12(15)14(17)16-13-9-5-7-10-6-3-4-8-11(10)13/h3-4,6,8,12-13H,2,5,7,9,15H2,1H3,(H,16,17)/t12-,13?/m0/s1. The second kappa shape index (κ2) is 5.32. The van der Waals surface area contributed by atoms with E-state index in [9.17, 15) is 4.79 Å². The van der Waals surface area contributed by atoms with Gasteiger partial charge < -0.3 is 11.1 Å². The summed E-state index contributed by atoms with van der Waals surface area (Å²) in [6.07, 6.45) is 3.94. The summed E-state index contributed by atoms with van der Waals surface area (Å²) in [5, 5.41) is 3.06. The normalized spacial score (nSPS) is 20.5. The van der Waals surface area contributed by atoms with Crippen LogP contribution in [0, 0.1) is 0 Å². The van der Waals surface area contributed by atoms with Crippen LogP contribution in [0.5, 0.6) is 0 Å². The summed E-state index contributed by atoms with van der Waals surface area (Å²) in [4.78, 5) is 11.8. The minimum absolute atomic E-state index is 0.0331. The molecule has 0 radical (unpaired) electrons. The number of hydrogen-bond donors (Lipinski definition) is 2. The van der Waals surface area contributed by atoms with E-state index in [1.54, 1.807) is 0 Å². The third-order valence-corrected chi connectivity index (χ3v) is 3.46. The highest BCUT2D eigenvalue weighted by Crippen LogP contribution is 2.29. The van der Waals surface area contributed by atoms with E-state index >= 15 is 0 Å². The van der Waals surface area contributed by atoms with E-state index in [2.05, 4.69) is 23.5 Å². The Kier molecular flexibility index (Phi) is 3.79. The van der Waals surface area contributed by atoms with E-state index in [0.717, 1.165) is 19.3 Å². The molecule has 3 heteroatoms. The van der Waals surface area contributed by atoms with Crippen LogP contribution in [0.2, 0.25) is 0 Å². The van der Waals surface area contributed by atoms with Crippen molar-refractivity contribution in [1.29, 1.82) is 0 Å². The lowest BCUT2D eigenvalue weighted by Crippen LogP contribution is -2.42. The third-order valence-electron chi connectivity index (χ3n) is 3.46. The fraction of sp³-hybridized carbons (Fsp3) is 0.500. The summed E-state index contributed by atoms with van der Waals surface area (Å²) in [6.45, 7) is 1.93. The highest BCUT2D eigenvalue weighted by atomic mass is 16.2. The van der Waals surface area contributed by atoms with Crippen molar-refractivity contribution < 1.29 is 4.79 Å². The molecule has 1 aliphatic rings. The van der Waals surface area contributed by atoms with E-state index in [1.165, 1.54) is 11.1 Å². The van der Waals surface area contributed by atoms with Crippen molar-refractivity contribution in [2.45, 2.75) is 44.7 Å². The van der Waals surface area contributed by atoms with Gasteiger partial charge in [-0.25, -0.2) is 0 Å². The van der Waals surface area contributed by atoms with E-state index in [4.69, 9.17) is 5.73 Å². The Labute approximate surface area is 102 Å². The summed E-state index contributed by atoms with van der Waals surface area (Å²) in [5.41, 5.74) is 8.36. The molecule has 92 valence electrons. The van der Waals surface area contributed by atoms with Crippen molar-refractivity contribution >= 4 is 5.91 Å². The van der Waals surface area contributed by atoms with Gasteiger partial charge in [0.2, 0.25) is 5.91 Å². The molecule has 17 heavy (non-hydrogen) atoms. The van der Waals surface area contributed by atoms with E-state index in [1.807, 2.05) is 13.0 Å². The van der Waals surface area contributed by atoms with Gasteiger partial charge in [0.15, 0.2) is 0 Å². The van der Waals surface area contributed by atoms with E-state index in [-0.39, 0.29) is 18.0 Å². The lowest BCUT2D eigenvalue weighted by atomic mass is 9.87. The zero-order valence-corrected chi connectivity index (χ0v) is 10.3. The zero-order valence-electron chi connectivity index (χ0n) is 10.3. The van der Waals surface area contributed by atoms with Crippen LogP contribution in [0.15, 0.2) is 24.3 Å². The monoisotopic (exact) mass is 232 g/mol. The molecule has 3 nitrogen and oxygen atoms in total. The molecule has 0 aliphatic heterocycles. The topological polar surface area (TPSA) is 55.1 Å². The maximum atomic E-state index is 11.8. The number of amides is 1. The molecule has 0 heterocycles. The molecule has 0 bridgehead atoms. The summed E-state index contributed by atoms with van der Waals surface area (Å²) >= 11 is 0. The predicted molar refractivity (Wildman–Crippen MR) is 68.5 cm³/mol. The van der Waals surface area contributed by atoms with Gasteiger partial charge in [-0.05, 0) is 36.8 Å². The molecule has 2 atom stereocenters. The Morgan fingerprint density at radius 3 is 3.06 bits per heavy atom. The lowest BCUT2D eigenvalue weighted by Gasteiger charge is -2.27. The molecule has 1 aliphatic carbocycles. The van der Waals surface area contributed by atoms with Crippen molar-refractivity contribution in [1.82, 2.24) is 5.32 Å². The first-order valence-electron chi connectivity index (χ1n) is 6.36. The average Bonchev–Trinajstić information content (AvgIpc) is 2.38. The Hall–Kier alpha value is -1.35. The highest BCUT2D eigenvalue weighted by molar-refractivity contribution is 5.81. The number of nitrogens with two attached hydrogens (primary N) is 1. The van der Waals surface area contributed by atoms with Gasteiger partial charge in [0.05, 0.1) is 12.1 Å². The Morgan fingerprint density at radius 1 is 1.53 bits per heavy atom. The van der Waals surface area contributed by atoms with Crippen LogP contribution >= 0.6 is 0 Å². The van der Waals surface area contributed by atoms with Crippen molar-refractivity contribution in [3.63, 3.8) is 0 Å². The number of fused-ring (bicyclic) bond motifs is 1. The maximum Gasteiger partial charge on any atom is 0.237 e. The molecular weight excluding hydrogens is 212 g/mol. The van der Waals surface area contributed by atoms with Gasteiger partial charge in [-0.1, -0.05) is 31.2 Å². The number of hydrogen-bond acceptors (Lipinski definition) is 2. The average molecular weight is 232 g/mol. The molecule has 1 aromatic rings. The molecule has 0 fully saturated rings. The third kappa shape index (κ3) is 2.67. The number of benzene rings is 1. The first-order chi connectivity index (χ1) is 8.22. The van der Waals surface area contributed by atoms with Crippen LogP contribution in [0.25, 0.3) is 0 Å². The molecule has 1 amide bonds. The van der Waals surface area contributed by atoms with E-state index < -0.39 is 0 Å². The number of aryl methyl sites for hydroxylation is 1. The van der Waals surface area contributed by atoms with Crippen LogP contribution < -0.4 is 11.1 Å². The predicted octanol–water partition coefficient (Wildman–Crippen LogP) is 1.92. The van der Waals surface area contributed by atoms with E-state index in [0.29, 0.717) is 6.42 Å². The molecular formula is C14H20N2O. The molecule has 0 aromatic heterocycles. The number of carbonyl (C=O) groups excluding carboxylic acids is 1. The number of carbonyl (C=O) groups is 1. The summed E-state index contributed by atoms with van der Waals surface area (Å²) in [5.74, 6) is -0.0331. The summed E-state index contributed by atoms with van der Waals surface area (Å²) in [7, 11) is 0. The lowest BCUT2D eigenvalue weighted by molar-refractivity contribution is -0.123. The highest BCUT2D eigenvalue weighted by Gasteiger charge is 2.22. The molecule has 0 saturated carbocycles. The minimum atomic E-state index is -0.385. The van der Waals surface area contributed by atoms with Crippen LogP contribution in [-0.4, -0.2) is 11.9 Å². The maximum absolute atomic E-state index is 11.8. The molecule has 3 N–H and O–H groups in total. The van der Waals surface area contributed by atoms with Gasteiger partial charge in [0, 0.05) is 0 Å². The molecule has 0 saturated heterocycles. The van der Waals surface area contributed by atoms with Gasteiger partial charge in [0.25, 0.3) is 0 Å². The van der Waals surface area contributed by atoms with Gasteiger partial charge in [-0.15, -0.1) is 0 Å². The second-order valence-corrected chi connectivity index (χ2v) is 4.67. The molecule has 1 aromatic carbocycles. The fourth-order valence-electron chi connectivity index (χ4n) is 2.37. The first-order valence-corrected chi connectivity index (χ1v) is 6.36. The van der Waals surface area contributed by atoms with Crippen LogP contribution in [0.3, 0.4) is 0 Å². The summed E-state index contributed by atoms with van der Waals surface area (Å²) < 4.78 is 0. The zero-order chi connectivity index (χ0) is 12.3. The van der Waals surface area contributed by atoms with Crippen molar-refractivity contribution in [3.05, 3.63) is 35.4 Å².